The molecular formula is C8H7N3O3S2. The molecule has 0 unspecified atom stereocenters. The summed E-state index contributed by atoms with van der Waals surface area (Å²) in [4.78, 5) is 37.4. The molecule has 1 aliphatic heterocycles. The Morgan fingerprint density at radius 1 is 1.56 bits per heavy atom. The first-order chi connectivity index (χ1) is 7.65. The fourth-order valence-corrected chi connectivity index (χ4v) is 2.52. The van der Waals surface area contributed by atoms with Gasteiger partial charge in [-0.15, -0.1) is 11.3 Å². The van der Waals surface area contributed by atoms with Crippen LogP contribution in [0.4, 0.5) is 9.93 Å². The van der Waals surface area contributed by atoms with Gasteiger partial charge in [0.15, 0.2) is 5.13 Å². The molecule has 8 heteroatoms. The van der Waals surface area contributed by atoms with E-state index in [1.54, 1.807) is 11.6 Å². The highest BCUT2D eigenvalue weighted by molar-refractivity contribution is 8.15. The molecule has 0 radical (unpaired) electrons. The van der Waals surface area contributed by atoms with E-state index in [1.165, 1.54) is 11.3 Å². The van der Waals surface area contributed by atoms with Crippen molar-refractivity contribution in [2.75, 3.05) is 5.32 Å². The zero-order valence-electron chi connectivity index (χ0n) is 7.93. The summed E-state index contributed by atoms with van der Waals surface area (Å²) >= 11 is 2.13. The van der Waals surface area contributed by atoms with E-state index < -0.39 is 16.4 Å². The van der Waals surface area contributed by atoms with Gasteiger partial charge in [0.1, 0.15) is 5.25 Å². The molecule has 2 rings (SSSR count). The molecule has 1 aliphatic rings. The normalized spacial score (nSPS) is 19.6. The second kappa shape index (κ2) is 4.62. The van der Waals surface area contributed by atoms with Crippen molar-refractivity contribution in [3.8, 4) is 0 Å². The number of carbonyl (C=O) groups is 3. The quantitative estimate of drug-likeness (QED) is 0.837. The Labute approximate surface area is 98.8 Å². The number of carbonyl (C=O) groups excluding carboxylic acids is 3. The van der Waals surface area contributed by atoms with Gasteiger partial charge in [0.25, 0.3) is 5.24 Å². The van der Waals surface area contributed by atoms with E-state index in [1.807, 2.05) is 0 Å². The molecule has 2 heterocycles. The van der Waals surface area contributed by atoms with E-state index in [-0.39, 0.29) is 12.3 Å². The third kappa shape index (κ3) is 2.58. The van der Waals surface area contributed by atoms with Crippen LogP contribution < -0.4 is 10.6 Å². The number of thioether (sulfide) groups is 1. The fourth-order valence-electron chi connectivity index (χ4n) is 1.15. The second-order valence-electron chi connectivity index (χ2n) is 2.97. The topological polar surface area (TPSA) is 88.2 Å². The van der Waals surface area contributed by atoms with Crippen LogP contribution in [0, 0.1) is 0 Å². The smallest absolute Gasteiger partial charge is 0.286 e. The van der Waals surface area contributed by atoms with Crippen molar-refractivity contribution in [1.29, 1.82) is 0 Å². The first-order valence-corrected chi connectivity index (χ1v) is 6.12. The summed E-state index contributed by atoms with van der Waals surface area (Å²) in [7, 11) is 0. The first kappa shape index (κ1) is 11.1. The summed E-state index contributed by atoms with van der Waals surface area (Å²) in [5.74, 6) is -0.735. The molecule has 1 atom stereocenters. The standard InChI is InChI=1S/C8H7N3O3S2/c12-5(10-7-9-1-2-15-7)3-4-6(13)11-8(14)16-4/h1-2,4H,3H2,(H,9,10,12)(H,11,13,14)/t4-/m1/s1. The lowest BCUT2D eigenvalue weighted by molar-refractivity contribution is -0.122. The molecule has 2 N–H and O–H groups in total. The summed E-state index contributed by atoms with van der Waals surface area (Å²) in [6.07, 6.45) is 1.54. The molecule has 84 valence electrons. The van der Waals surface area contributed by atoms with E-state index in [4.69, 9.17) is 0 Å². The Hall–Kier alpha value is -1.41. The van der Waals surface area contributed by atoms with Crippen LogP contribution in [0.15, 0.2) is 11.6 Å². The molecule has 1 fully saturated rings. The molecule has 16 heavy (non-hydrogen) atoms. The van der Waals surface area contributed by atoms with Gasteiger partial charge in [0.05, 0.1) is 0 Å². The summed E-state index contributed by atoms with van der Waals surface area (Å²) in [6, 6.07) is 0. The molecule has 0 bridgehead atoms. The maximum absolute atomic E-state index is 11.5. The number of hydrogen-bond donors (Lipinski definition) is 2. The van der Waals surface area contributed by atoms with Crippen molar-refractivity contribution in [2.24, 2.45) is 0 Å². The van der Waals surface area contributed by atoms with Gasteiger partial charge in [-0.3, -0.25) is 19.7 Å². The molecule has 1 aromatic rings. The zero-order chi connectivity index (χ0) is 11.5. The van der Waals surface area contributed by atoms with Crippen LogP contribution >= 0.6 is 23.1 Å². The van der Waals surface area contributed by atoms with Crippen molar-refractivity contribution >= 4 is 45.3 Å². The molecule has 0 spiro atoms. The number of anilines is 1. The van der Waals surface area contributed by atoms with Crippen LogP contribution in [0.2, 0.25) is 0 Å². The van der Waals surface area contributed by atoms with E-state index in [2.05, 4.69) is 15.6 Å². The molecule has 1 saturated heterocycles. The van der Waals surface area contributed by atoms with Crippen molar-refractivity contribution in [1.82, 2.24) is 10.3 Å². The second-order valence-corrected chi connectivity index (χ2v) is 5.04. The third-order valence-corrected chi connectivity index (χ3v) is 3.49. The zero-order valence-corrected chi connectivity index (χ0v) is 9.56. The first-order valence-electron chi connectivity index (χ1n) is 4.36. The average molecular weight is 257 g/mol. The highest BCUT2D eigenvalue weighted by Crippen LogP contribution is 2.22. The number of aromatic nitrogens is 1. The van der Waals surface area contributed by atoms with Gasteiger partial charge in [-0.25, -0.2) is 4.98 Å². The molecule has 0 saturated carbocycles. The van der Waals surface area contributed by atoms with Crippen molar-refractivity contribution in [3.63, 3.8) is 0 Å². The van der Waals surface area contributed by atoms with E-state index in [9.17, 15) is 14.4 Å². The Balaban J connectivity index is 1.88. The molecular weight excluding hydrogens is 250 g/mol. The molecule has 0 aromatic carbocycles. The van der Waals surface area contributed by atoms with Crippen molar-refractivity contribution < 1.29 is 14.4 Å². The maximum Gasteiger partial charge on any atom is 0.286 e. The highest BCUT2D eigenvalue weighted by Gasteiger charge is 2.33. The summed E-state index contributed by atoms with van der Waals surface area (Å²) < 4.78 is 0. The van der Waals surface area contributed by atoms with Gasteiger partial charge in [0, 0.05) is 18.0 Å². The van der Waals surface area contributed by atoms with Gasteiger partial charge in [0.2, 0.25) is 11.8 Å². The summed E-state index contributed by atoms with van der Waals surface area (Å²) in [5, 5.41) is 5.85. The number of imide groups is 1. The Bertz CT molecular complexity index is 432. The molecule has 1 aromatic heterocycles. The average Bonchev–Trinajstić information content (AvgIpc) is 2.78. The largest absolute Gasteiger partial charge is 0.302 e. The fraction of sp³-hybridized carbons (Fsp3) is 0.250. The van der Waals surface area contributed by atoms with Gasteiger partial charge in [-0.05, 0) is 0 Å². The number of nitrogens with zero attached hydrogens (tertiary/aromatic N) is 1. The minimum Gasteiger partial charge on any atom is -0.302 e. The van der Waals surface area contributed by atoms with Crippen molar-refractivity contribution in [3.05, 3.63) is 11.6 Å². The summed E-state index contributed by atoms with van der Waals surface area (Å²) in [5.41, 5.74) is 0. The number of amides is 3. The van der Waals surface area contributed by atoms with Crippen molar-refractivity contribution in [2.45, 2.75) is 11.7 Å². The van der Waals surface area contributed by atoms with E-state index >= 15 is 0 Å². The number of hydrogen-bond acceptors (Lipinski definition) is 6. The molecule has 0 aliphatic carbocycles. The van der Waals surface area contributed by atoms with Gasteiger partial charge in [-0.2, -0.15) is 0 Å². The Morgan fingerprint density at radius 3 is 2.94 bits per heavy atom. The lowest BCUT2D eigenvalue weighted by Gasteiger charge is -2.04. The number of rotatable bonds is 3. The summed E-state index contributed by atoms with van der Waals surface area (Å²) in [6.45, 7) is 0. The Kier molecular flexibility index (Phi) is 3.20. The minimum atomic E-state index is -0.632. The van der Waals surface area contributed by atoms with Crippen LogP contribution in [0.25, 0.3) is 0 Å². The number of nitrogens with one attached hydrogen (secondary N) is 2. The monoisotopic (exact) mass is 257 g/mol. The SMILES string of the molecule is O=C(C[C@H]1SC(=O)NC1=O)Nc1nccs1. The third-order valence-electron chi connectivity index (χ3n) is 1.82. The van der Waals surface area contributed by atoms with Crippen LogP contribution in [-0.4, -0.2) is 27.3 Å². The lowest BCUT2D eigenvalue weighted by atomic mass is 10.3. The minimum absolute atomic E-state index is 0.0260. The van der Waals surface area contributed by atoms with E-state index in [0.717, 1.165) is 11.8 Å². The van der Waals surface area contributed by atoms with Gasteiger partial charge in [-0.1, -0.05) is 11.8 Å². The van der Waals surface area contributed by atoms with Gasteiger partial charge >= 0.3 is 0 Å². The molecule has 6 nitrogen and oxygen atoms in total. The lowest BCUT2D eigenvalue weighted by Crippen LogP contribution is -2.27. The van der Waals surface area contributed by atoms with Gasteiger partial charge < -0.3 is 5.32 Å². The van der Waals surface area contributed by atoms with E-state index in [0.29, 0.717) is 5.13 Å². The predicted octanol–water partition coefficient (Wildman–Crippen LogP) is 0.823. The maximum atomic E-state index is 11.5. The van der Waals surface area contributed by atoms with Crippen LogP contribution in [0.3, 0.4) is 0 Å². The number of thiazole rings is 1. The highest BCUT2D eigenvalue weighted by atomic mass is 32.2. The molecule has 3 amide bonds. The van der Waals surface area contributed by atoms with Crippen LogP contribution in [0.1, 0.15) is 6.42 Å². The Morgan fingerprint density at radius 2 is 2.38 bits per heavy atom. The predicted molar refractivity (Wildman–Crippen MR) is 60.3 cm³/mol. The van der Waals surface area contributed by atoms with Crippen LogP contribution in [-0.2, 0) is 9.59 Å². The van der Waals surface area contributed by atoms with Crippen LogP contribution in [0.5, 0.6) is 0 Å².